The number of anilines is 1. The number of hydrogen-bond acceptors (Lipinski definition) is 5. The van der Waals surface area contributed by atoms with E-state index in [4.69, 9.17) is 15.0 Å². The lowest BCUT2D eigenvalue weighted by Gasteiger charge is -2.04. The molecule has 2 N–H and O–H groups in total. The van der Waals surface area contributed by atoms with Crippen LogP contribution in [-0.2, 0) is 4.74 Å². The van der Waals surface area contributed by atoms with Gasteiger partial charge in [0.2, 0.25) is 5.82 Å². The summed E-state index contributed by atoms with van der Waals surface area (Å²) in [7, 11) is 1.59. The molecule has 0 saturated heterocycles. The van der Waals surface area contributed by atoms with Crippen LogP contribution < -0.4 is 5.73 Å². The lowest BCUT2D eigenvalue weighted by atomic mass is 10.2. The predicted molar refractivity (Wildman–Crippen MR) is 75.0 cm³/mol. The second-order valence-electron chi connectivity index (χ2n) is 3.68. The van der Waals surface area contributed by atoms with Gasteiger partial charge in [0.15, 0.2) is 0 Å². The average Bonchev–Trinajstić information content (AvgIpc) is 2.82. The fraction of sp³-hybridized carbons (Fsp3) is 0.273. The van der Waals surface area contributed by atoms with Gasteiger partial charge in [-0.05, 0) is 35.0 Å². The molecule has 96 valence electrons. The molecule has 0 radical (unpaired) electrons. The topological polar surface area (TPSA) is 74.2 Å². The van der Waals surface area contributed by atoms with Crippen molar-refractivity contribution >= 4 is 37.5 Å². The number of aromatic nitrogens is 2. The van der Waals surface area contributed by atoms with Crippen LogP contribution in [0, 0.1) is 0 Å². The molecule has 5 nitrogen and oxygen atoms in total. The number of benzene rings is 1. The predicted octanol–water partition coefficient (Wildman–Crippen LogP) is 3.55. The van der Waals surface area contributed by atoms with Crippen LogP contribution in [0.25, 0.3) is 11.5 Å². The molecule has 2 aromatic rings. The van der Waals surface area contributed by atoms with Crippen LogP contribution in [0.4, 0.5) is 5.69 Å². The first kappa shape index (κ1) is 13.5. The summed E-state index contributed by atoms with van der Waals surface area (Å²) in [6.45, 7) is 1.84. The molecule has 1 aromatic heterocycles. The molecule has 0 saturated carbocycles. The lowest BCUT2D eigenvalue weighted by molar-refractivity contribution is 0.109. The van der Waals surface area contributed by atoms with E-state index in [0.717, 1.165) is 8.95 Å². The maximum atomic E-state index is 5.97. The van der Waals surface area contributed by atoms with Crippen molar-refractivity contribution in [3.63, 3.8) is 0 Å². The van der Waals surface area contributed by atoms with E-state index in [1.165, 1.54) is 0 Å². The number of ether oxygens (including phenoxy) is 1. The first-order valence-corrected chi connectivity index (χ1v) is 6.72. The van der Waals surface area contributed by atoms with Crippen molar-refractivity contribution in [2.24, 2.45) is 0 Å². The minimum absolute atomic E-state index is 0.223. The van der Waals surface area contributed by atoms with Gasteiger partial charge in [-0.1, -0.05) is 21.1 Å². The largest absolute Gasteiger partial charge is 0.397 e. The van der Waals surface area contributed by atoms with Crippen molar-refractivity contribution in [2.45, 2.75) is 13.0 Å². The molecule has 1 unspecified atom stereocenters. The standard InChI is InChI=1S/C11H11Br2N3O2/c1-5(17-2)10-15-11(18-16-10)7-3-6(12)4-8(13)9(7)14/h3-5H,14H2,1-2H3. The molecule has 0 amide bonds. The highest BCUT2D eigenvalue weighted by Crippen LogP contribution is 2.34. The Bertz CT molecular complexity index is 571. The molecule has 0 spiro atoms. The number of methoxy groups -OCH3 is 1. The molecule has 0 aliphatic rings. The van der Waals surface area contributed by atoms with Crippen molar-refractivity contribution in [2.75, 3.05) is 12.8 Å². The Kier molecular flexibility index (Phi) is 4.04. The maximum absolute atomic E-state index is 5.97. The molecule has 1 aromatic carbocycles. The first-order chi connectivity index (χ1) is 8.52. The van der Waals surface area contributed by atoms with E-state index in [1.54, 1.807) is 7.11 Å². The van der Waals surface area contributed by atoms with E-state index in [1.807, 2.05) is 19.1 Å². The third kappa shape index (κ3) is 2.57. The van der Waals surface area contributed by atoms with Crippen molar-refractivity contribution in [3.8, 4) is 11.5 Å². The summed E-state index contributed by atoms with van der Waals surface area (Å²) in [5, 5.41) is 3.87. The monoisotopic (exact) mass is 375 g/mol. The highest BCUT2D eigenvalue weighted by atomic mass is 79.9. The van der Waals surface area contributed by atoms with E-state index in [9.17, 15) is 0 Å². The van der Waals surface area contributed by atoms with Crippen molar-refractivity contribution in [3.05, 3.63) is 26.9 Å². The highest BCUT2D eigenvalue weighted by Gasteiger charge is 2.17. The summed E-state index contributed by atoms with van der Waals surface area (Å²) in [5.41, 5.74) is 7.21. The molecule has 0 bridgehead atoms. The van der Waals surface area contributed by atoms with Gasteiger partial charge >= 0.3 is 0 Å². The SMILES string of the molecule is COC(C)c1noc(-c2cc(Br)cc(Br)c2N)n1. The second kappa shape index (κ2) is 5.38. The molecule has 1 heterocycles. The quantitative estimate of drug-likeness (QED) is 0.829. The second-order valence-corrected chi connectivity index (χ2v) is 5.45. The van der Waals surface area contributed by atoms with Crippen LogP contribution in [0.2, 0.25) is 0 Å². The van der Waals surface area contributed by atoms with Gasteiger partial charge in [-0.25, -0.2) is 0 Å². The van der Waals surface area contributed by atoms with Crippen molar-refractivity contribution in [1.82, 2.24) is 10.1 Å². The van der Waals surface area contributed by atoms with Gasteiger partial charge in [0.1, 0.15) is 6.10 Å². The van der Waals surface area contributed by atoms with Gasteiger partial charge in [-0.3, -0.25) is 0 Å². The van der Waals surface area contributed by atoms with Crippen LogP contribution in [0.3, 0.4) is 0 Å². The molecule has 0 fully saturated rings. The molecular weight excluding hydrogens is 366 g/mol. The van der Waals surface area contributed by atoms with Gasteiger partial charge in [0, 0.05) is 16.1 Å². The Morgan fingerprint density at radius 1 is 1.39 bits per heavy atom. The highest BCUT2D eigenvalue weighted by molar-refractivity contribution is 9.11. The molecule has 7 heteroatoms. The zero-order valence-corrected chi connectivity index (χ0v) is 12.9. The molecule has 0 aliphatic carbocycles. The number of nitrogens with two attached hydrogens (primary N) is 1. The summed E-state index contributed by atoms with van der Waals surface area (Å²) < 4.78 is 12.0. The van der Waals surface area contributed by atoms with Gasteiger partial charge < -0.3 is 15.0 Å². The summed E-state index contributed by atoms with van der Waals surface area (Å²) in [6, 6.07) is 3.68. The Balaban J connectivity index is 2.46. The molecule has 18 heavy (non-hydrogen) atoms. The fourth-order valence-electron chi connectivity index (χ4n) is 1.38. The Labute approximate surface area is 121 Å². The van der Waals surface area contributed by atoms with Crippen LogP contribution in [-0.4, -0.2) is 17.3 Å². The minimum atomic E-state index is -0.223. The van der Waals surface area contributed by atoms with E-state index >= 15 is 0 Å². The maximum Gasteiger partial charge on any atom is 0.260 e. The summed E-state index contributed by atoms with van der Waals surface area (Å²) in [4.78, 5) is 4.27. The number of rotatable bonds is 3. The van der Waals surface area contributed by atoms with Crippen molar-refractivity contribution < 1.29 is 9.26 Å². The molecule has 1 atom stereocenters. The zero-order chi connectivity index (χ0) is 13.3. The van der Waals surface area contributed by atoms with Gasteiger partial charge in [-0.15, -0.1) is 0 Å². The normalized spacial score (nSPS) is 12.7. The third-order valence-electron chi connectivity index (χ3n) is 2.48. The van der Waals surface area contributed by atoms with E-state index in [2.05, 4.69) is 42.0 Å². The lowest BCUT2D eigenvalue weighted by Crippen LogP contribution is -1.98. The van der Waals surface area contributed by atoms with Crippen LogP contribution in [0.15, 0.2) is 25.6 Å². The van der Waals surface area contributed by atoms with Crippen LogP contribution >= 0.6 is 31.9 Å². The van der Waals surface area contributed by atoms with Crippen molar-refractivity contribution in [1.29, 1.82) is 0 Å². The van der Waals surface area contributed by atoms with Crippen LogP contribution in [0.5, 0.6) is 0 Å². The molecule has 2 rings (SSSR count). The smallest absolute Gasteiger partial charge is 0.260 e. The van der Waals surface area contributed by atoms with E-state index in [0.29, 0.717) is 23.0 Å². The minimum Gasteiger partial charge on any atom is -0.397 e. The number of hydrogen-bond donors (Lipinski definition) is 1. The Morgan fingerprint density at radius 3 is 2.78 bits per heavy atom. The Hall–Kier alpha value is -0.920. The summed E-state index contributed by atoms with van der Waals surface area (Å²) in [5.74, 6) is 0.858. The van der Waals surface area contributed by atoms with E-state index < -0.39 is 0 Å². The Morgan fingerprint density at radius 2 is 2.11 bits per heavy atom. The zero-order valence-electron chi connectivity index (χ0n) is 9.78. The molecular formula is C11H11Br2N3O2. The first-order valence-electron chi connectivity index (χ1n) is 5.14. The van der Waals surface area contributed by atoms with Crippen LogP contribution in [0.1, 0.15) is 18.9 Å². The fourth-order valence-corrected chi connectivity index (χ4v) is 2.60. The number of halogens is 2. The third-order valence-corrected chi connectivity index (χ3v) is 3.60. The average molecular weight is 377 g/mol. The summed E-state index contributed by atoms with van der Waals surface area (Å²) >= 11 is 6.77. The summed E-state index contributed by atoms with van der Waals surface area (Å²) in [6.07, 6.45) is -0.223. The van der Waals surface area contributed by atoms with Gasteiger partial charge in [0.05, 0.1) is 11.3 Å². The van der Waals surface area contributed by atoms with Gasteiger partial charge in [0.25, 0.3) is 5.89 Å². The van der Waals surface area contributed by atoms with E-state index in [-0.39, 0.29) is 6.10 Å². The number of nitrogen functional groups attached to an aromatic ring is 1. The van der Waals surface area contributed by atoms with Gasteiger partial charge in [-0.2, -0.15) is 4.98 Å². The number of nitrogens with zero attached hydrogens (tertiary/aromatic N) is 2. The molecule has 0 aliphatic heterocycles.